The van der Waals surface area contributed by atoms with Crippen LogP contribution in [0.4, 0.5) is 5.69 Å². The first-order valence-electron chi connectivity index (χ1n) is 6.87. The molecule has 110 valence electrons. The van der Waals surface area contributed by atoms with Crippen LogP contribution in [0.1, 0.15) is 0 Å². The fourth-order valence-corrected chi connectivity index (χ4v) is 2.64. The Morgan fingerprint density at radius 2 is 2.20 bits per heavy atom. The molecule has 1 fully saturated rings. The summed E-state index contributed by atoms with van der Waals surface area (Å²) in [5, 5.41) is 13.0. The van der Waals surface area contributed by atoms with E-state index in [1.807, 2.05) is 24.3 Å². The summed E-state index contributed by atoms with van der Waals surface area (Å²) in [6.45, 7) is 4.95. The lowest BCUT2D eigenvalue weighted by Crippen LogP contribution is -3.15. The lowest BCUT2D eigenvalue weighted by molar-refractivity contribution is -0.904. The molecule has 3 N–H and O–H groups in total. The third-order valence-electron chi connectivity index (χ3n) is 3.54. The number of anilines is 1. The van der Waals surface area contributed by atoms with Crippen molar-refractivity contribution in [3.8, 4) is 5.75 Å². The predicted molar refractivity (Wildman–Crippen MR) is 83.4 cm³/mol. The van der Waals surface area contributed by atoms with Crippen molar-refractivity contribution in [1.29, 1.82) is 0 Å². The van der Waals surface area contributed by atoms with Crippen LogP contribution in [0, 0.1) is 0 Å². The average molecular weight is 296 g/mol. The van der Waals surface area contributed by atoms with Gasteiger partial charge >= 0.3 is 0 Å². The zero-order valence-corrected chi connectivity index (χ0v) is 12.6. The maximum atomic E-state index is 8.95. The fraction of sp³-hybridized carbons (Fsp3) is 0.500. The van der Waals surface area contributed by atoms with E-state index in [0.29, 0.717) is 0 Å². The number of nitrogens with zero attached hydrogens (tertiary/aromatic N) is 1. The van der Waals surface area contributed by atoms with Crippen LogP contribution in [0.5, 0.6) is 5.75 Å². The zero-order chi connectivity index (χ0) is 14.4. The molecule has 6 heteroatoms. The van der Waals surface area contributed by atoms with Crippen LogP contribution in [0.2, 0.25) is 0 Å². The van der Waals surface area contributed by atoms with Gasteiger partial charge in [0.1, 0.15) is 12.3 Å². The van der Waals surface area contributed by atoms with E-state index < -0.39 is 0 Å². The highest BCUT2D eigenvalue weighted by molar-refractivity contribution is 7.80. The first-order chi connectivity index (χ1) is 9.72. The molecule has 0 amide bonds. The van der Waals surface area contributed by atoms with Crippen molar-refractivity contribution >= 4 is 23.0 Å². The Morgan fingerprint density at radius 3 is 2.85 bits per heavy atom. The number of aliphatic hydroxyl groups is 1. The van der Waals surface area contributed by atoms with E-state index in [0.717, 1.165) is 49.3 Å². The summed E-state index contributed by atoms with van der Waals surface area (Å²) in [5.41, 5.74) is 0.944. The van der Waals surface area contributed by atoms with E-state index in [1.54, 1.807) is 7.11 Å². The maximum absolute atomic E-state index is 8.95. The number of ether oxygens (including phenoxy) is 1. The molecule has 1 heterocycles. The average Bonchev–Trinajstić information content (AvgIpc) is 2.48. The molecule has 0 saturated carbocycles. The molecule has 0 aliphatic carbocycles. The Bertz CT molecular complexity index is 448. The lowest BCUT2D eigenvalue weighted by atomic mass is 10.3. The minimum Gasteiger partial charge on any atom is -0.497 e. The number of methoxy groups -OCH3 is 1. The third-order valence-corrected chi connectivity index (χ3v) is 3.90. The minimum absolute atomic E-state index is 0.252. The van der Waals surface area contributed by atoms with E-state index in [9.17, 15) is 0 Å². The van der Waals surface area contributed by atoms with E-state index in [4.69, 9.17) is 22.1 Å². The van der Waals surface area contributed by atoms with Crippen LogP contribution in [0.3, 0.4) is 0 Å². The molecule has 1 aromatic rings. The molecule has 1 saturated heterocycles. The Labute approximate surface area is 125 Å². The summed E-state index contributed by atoms with van der Waals surface area (Å²) in [6.07, 6.45) is 0. The second-order valence-corrected chi connectivity index (χ2v) is 5.26. The molecular weight excluding hydrogens is 274 g/mol. The molecule has 1 aromatic carbocycles. The maximum Gasteiger partial charge on any atom is 0.173 e. The molecule has 1 aliphatic rings. The molecule has 0 bridgehead atoms. The van der Waals surface area contributed by atoms with E-state index in [1.165, 1.54) is 4.90 Å². The first kappa shape index (κ1) is 15.0. The number of hydrogen-bond donors (Lipinski definition) is 3. The SMILES string of the molecule is COc1cccc(NC(=S)N2CC[NH+](CCO)CC2)c1. The van der Waals surface area contributed by atoms with Crippen LogP contribution in [-0.4, -0.2) is 61.6 Å². The van der Waals surface area contributed by atoms with Crippen molar-refractivity contribution in [1.82, 2.24) is 4.90 Å². The highest BCUT2D eigenvalue weighted by atomic mass is 32.1. The molecular formula is C14H22N3O2S+. The molecule has 1 aliphatic heterocycles. The standard InChI is InChI=1S/C14H21N3O2S/c1-19-13-4-2-3-12(11-13)15-14(20)17-7-5-16(6-8-17)9-10-18/h2-4,11,18H,5-10H2,1H3,(H,15,20)/p+1. The van der Waals surface area contributed by atoms with Gasteiger partial charge in [-0.1, -0.05) is 6.07 Å². The summed E-state index contributed by atoms with van der Waals surface area (Å²) in [7, 11) is 1.65. The minimum atomic E-state index is 0.252. The van der Waals surface area contributed by atoms with Crippen molar-refractivity contribution in [2.45, 2.75) is 0 Å². The summed E-state index contributed by atoms with van der Waals surface area (Å²) < 4.78 is 5.20. The normalized spacial score (nSPS) is 16.0. The summed E-state index contributed by atoms with van der Waals surface area (Å²) >= 11 is 5.45. The third kappa shape index (κ3) is 4.06. The largest absolute Gasteiger partial charge is 0.497 e. The number of quaternary nitrogens is 1. The quantitative estimate of drug-likeness (QED) is 0.659. The van der Waals surface area contributed by atoms with E-state index in [-0.39, 0.29) is 6.61 Å². The lowest BCUT2D eigenvalue weighted by Gasteiger charge is -2.33. The molecule has 5 nitrogen and oxygen atoms in total. The Hall–Kier alpha value is -1.37. The second-order valence-electron chi connectivity index (χ2n) is 4.87. The number of rotatable bonds is 4. The van der Waals surface area contributed by atoms with Gasteiger partial charge < -0.3 is 25.0 Å². The number of thiocarbonyl (C=S) groups is 1. The smallest absolute Gasteiger partial charge is 0.173 e. The summed E-state index contributed by atoms with van der Waals surface area (Å²) in [6, 6.07) is 7.75. The van der Waals surface area contributed by atoms with Gasteiger partial charge in [0, 0.05) is 11.8 Å². The van der Waals surface area contributed by atoms with Crippen molar-refractivity contribution in [2.24, 2.45) is 0 Å². The van der Waals surface area contributed by atoms with Gasteiger partial charge in [0.15, 0.2) is 5.11 Å². The summed E-state index contributed by atoms with van der Waals surface area (Å²) in [4.78, 5) is 3.61. The number of benzene rings is 1. The number of hydrogen-bond acceptors (Lipinski definition) is 3. The first-order valence-corrected chi connectivity index (χ1v) is 7.28. The summed E-state index contributed by atoms with van der Waals surface area (Å²) in [5.74, 6) is 0.815. The van der Waals surface area contributed by atoms with Gasteiger partial charge in [-0.2, -0.15) is 0 Å². The van der Waals surface area contributed by atoms with Crippen molar-refractivity contribution in [3.63, 3.8) is 0 Å². The zero-order valence-electron chi connectivity index (χ0n) is 11.8. The van der Waals surface area contributed by atoms with Crippen LogP contribution >= 0.6 is 12.2 Å². The van der Waals surface area contributed by atoms with Gasteiger partial charge in [-0.3, -0.25) is 0 Å². The van der Waals surface area contributed by atoms with Gasteiger partial charge in [0.25, 0.3) is 0 Å². The van der Waals surface area contributed by atoms with Gasteiger partial charge in [0.2, 0.25) is 0 Å². The van der Waals surface area contributed by atoms with Gasteiger partial charge in [-0.25, -0.2) is 0 Å². The highest BCUT2D eigenvalue weighted by Gasteiger charge is 2.21. The Kier molecular flexibility index (Phi) is 5.58. The van der Waals surface area contributed by atoms with Gasteiger partial charge in [-0.05, 0) is 24.4 Å². The monoisotopic (exact) mass is 296 g/mol. The molecule has 0 atom stereocenters. The molecule has 0 radical (unpaired) electrons. The van der Waals surface area contributed by atoms with Crippen LogP contribution in [0.25, 0.3) is 0 Å². The predicted octanol–water partition coefficient (Wildman–Crippen LogP) is -0.415. The number of piperazine rings is 1. The Balaban J connectivity index is 1.86. The van der Waals surface area contributed by atoms with Gasteiger partial charge in [0.05, 0.1) is 39.9 Å². The Morgan fingerprint density at radius 1 is 1.45 bits per heavy atom. The second kappa shape index (κ2) is 7.42. The van der Waals surface area contributed by atoms with Gasteiger partial charge in [-0.15, -0.1) is 0 Å². The van der Waals surface area contributed by atoms with Crippen molar-refractivity contribution < 1.29 is 14.7 Å². The molecule has 0 aromatic heterocycles. The number of nitrogens with one attached hydrogen (secondary N) is 2. The highest BCUT2D eigenvalue weighted by Crippen LogP contribution is 2.17. The van der Waals surface area contributed by atoms with E-state index >= 15 is 0 Å². The van der Waals surface area contributed by atoms with Crippen LogP contribution in [0.15, 0.2) is 24.3 Å². The molecule has 2 rings (SSSR count). The topological polar surface area (TPSA) is 49.2 Å². The van der Waals surface area contributed by atoms with Crippen LogP contribution in [-0.2, 0) is 0 Å². The van der Waals surface area contributed by atoms with Crippen molar-refractivity contribution in [3.05, 3.63) is 24.3 Å². The number of aliphatic hydroxyl groups excluding tert-OH is 1. The molecule has 20 heavy (non-hydrogen) atoms. The van der Waals surface area contributed by atoms with Crippen molar-refractivity contribution in [2.75, 3.05) is 51.8 Å². The fourth-order valence-electron chi connectivity index (χ4n) is 2.34. The van der Waals surface area contributed by atoms with E-state index in [2.05, 4.69) is 10.2 Å². The molecule has 0 unspecified atom stereocenters. The van der Waals surface area contributed by atoms with Crippen LogP contribution < -0.4 is 15.0 Å². The molecule has 0 spiro atoms.